The minimum Gasteiger partial charge on any atom is -0.478 e. The Morgan fingerprint density at radius 2 is 1.67 bits per heavy atom. The van der Waals surface area contributed by atoms with Gasteiger partial charge in [0.15, 0.2) is 11.6 Å². The Bertz CT molecular complexity index is 609. The zero-order chi connectivity index (χ0) is 15.9. The molecule has 7 heteroatoms. The minimum absolute atomic E-state index is 0.0293. The van der Waals surface area contributed by atoms with Crippen molar-refractivity contribution in [3.8, 4) is 0 Å². The fourth-order valence-corrected chi connectivity index (χ4v) is 2.19. The smallest absolute Gasteiger partial charge is 0.336 e. The largest absolute Gasteiger partial charge is 0.478 e. The third-order valence-corrected chi connectivity index (χ3v) is 3.81. The van der Waals surface area contributed by atoms with Crippen LogP contribution in [0.15, 0.2) is 12.1 Å². The summed E-state index contributed by atoms with van der Waals surface area (Å²) in [6.07, 6.45) is 0. The first kappa shape index (κ1) is 15.4. The van der Waals surface area contributed by atoms with E-state index in [1.165, 1.54) is 4.90 Å². The highest BCUT2D eigenvalue weighted by atomic mass is 19.2. The van der Waals surface area contributed by atoms with E-state index in [0.29, 0.717) is 12.1 Å². The number of rotatable bonds is 3. The zero-order valence-electron chi connectivity index (χ0n) is 11.6. The first-order chi connectivity index (χ1) is 9.65. The molecule has 5 nitrogen and oxygen atoms in total. The quantitative estimate of drug-likeness (QED) is 0.887. The molecule has 1 aromatic rings. The van der Waals surface area contributed by atoms with Gasteiger partial charge in [-0.15, -0.1) is 0 Å². The number of carboxylic acids is 1. The lowest BCUT2D eigenvalue weighted by Crippen LogP contribution is -2.66. The number of carboxylic acid groups (broad SMARTS) is 1. The highest BCUT2D eigenvalue weighted by Crippen LogP contribution is 2.30. The first-order valence-corrected chi connectivity index (χ1v) is 6.39. The number of hydrogen-bond acceptors (Lipinski definition) is 3. The number of nitrogens with zero attached hydrogens (tertiary/aromatic N) is 1. The van der Waals surface area contributed by atoms with Gasteiger partial charge in [-0.2, -0.15) is 0 Å². The van der Waals surface area contributed by atoms with Crippen LogP contribution in [-0.2, 0) is 0 Å². The van der Waals surface area contributed by atoms with Crippen molar-refractivity contribution in [1.82, 2.24) is 4.90 Å². The van der Waals surface area contributed by atoms with E-state index in [1.54, 1.807) is 13.8 Å². The topological polar surface area (TPSA) is 77.8 Å². The number of β-amino-alcohol motifs (C(OH)–C–C–N with tert-alkyl or cyclic N) is 1. The number of benzene rings is 1. The lowest BCUT2D eigenvalue weighted by atomic mass is 9.82. The third kappa shape index (κ3) is 2.61. The van der Waals surface area contributed by atoms with Crippen molar-refractivity contribution >= 4 is 11.9 Å². The average molecular weight is 299 g/mol. The molecule has 0 unspecified atom stereocenters. The van der Waals surface area contributed by atoms with Crippen molar-refractivity contribution in [2.24, 2.45) is 5.92 Å². The van der Waals surface area contributed by atoms with Crippen LogP contribution < -0.4 is 0 Å². The van der Waals surface area contributed by atoms with Gasteiger partial charge in [-0.1, -0.05) is 13.8 Å². The maximum atomic E-state index is 13.3. The number of likely N-dealkylation sites (tertiary alicyclic amines) is 1. The summed E-state index contributed by atoms with van der Waals surface area (Å²) >= 11 is 0. The van der Waals surface area contributed by atoms with Crippen LogP contribution in [0, 0.1) is 17.6 Å². The van der Waals surface area contributed by atoms with E-state index in [4.69, 9.17) is 5.11 Å². The number of carbonyl (C=O) groups is 2. The molecule has 1 aliphatic rings. The van der Waals surface area contributed by atoms with Crippen molar-refractivity contribution < 1.29 is 28.6 Å². The van der Waals surface area contributed by atoms with E-state index < -0.39 is 40.2 Å². The summed E-state index contributed by atoms with van der Waals surface area (Å²) in [6.45, 7) is 3.65. The molecule has 2 rings (SSSR count). The van der Waals surface area contributed by atoms with Gasteiger partial charge >= 0.3 is 5.97 Å². The Kier molecular flexibility index (Phi) is 3.71. The fraction of sp³-hybridized carbons (Fsp3) is 0.429. The summed E-state index contributed by atoms with van der Waals surface area (Å²) in [5, 5.41) is 19.1. The van der Waals surface area contributed by atoms with Crippen molar-refractivity contribution in [1.29, 1.82) is 0 Å². The van der Waals surface area contributed by atoms with E-state index in [2.05, 4.69) is 0 Å². The summed E-state index contributed by atoms with van der Waals surface area (Å²) in [4.78, 5) is 24.4. The molecule has 1 saturated heterocycles. The highest BCUT2D eigenvalue weighted by molar-refractivity contribution is 6.05. The minimum atomic E-state index is -1.52. The van der Waals surface area contributed by atoms with Gasteiger partial charge in [-0.3, -0.25) is 4.79 Å². The molecule has 0 aliphatic carbocycles. The molecule has 0 spiro atoms. The first-order valence-electron chi connectivity index (χ1n) is 6.39. The van der Waals surface area contributed by atoms with Gasteiger partial charge in [-0.05, 0) is 18.1 Å². The normalized spacial score (nSPS) is 16.8. The third-order valence-electron chi connectivity index (χ3n) is 3.81. The molecule has 2 N–H and O–H groups in total. The van der Waals surface area contributed by atoms with Crippen LogP contribution in [0.2, 0.25) is 0 Å². The van der Waals surface area contributed by atoms with E-state index in [-0.39, 0.29) is 19.0 Å². The van der Waals surface area contributed by atoms with Crippen LogP contribution in [0.3, 0.4) is 0 Å². The van der Waals surface area contributed by atoms with Crippen LogP contribution in [0.4, 0.5) is 8.78 Å². The van der Waals surface area contributed by atoms with Gasteiger partial charge in [0.25, 0.3) is 5.91 Å². The van der Waals surface area contributed by atoms with Crippen LogP contribution in [0.1, 0.15) is 34.6 Å². The SMILES string of the molecule is CC(C)C1(O)CN(C(=O)c2cc(F)c(F)cc2C(=O)O)C1. The summed E-state index contributed by atoms with van der Waals surface area (Å²) in [5.41, 5.74) is -2.05. The van der Waals surface area contributed by atoms with Gasteiger partial charge in [0.1, 0.15) is 5.60 Å². The van der Waals surface area contributed by atoms with E-state index >= 15 is 0 Å². The molecular formula is C14H15F2NO4. The summed E-state index contributed by atoms with van der Waals surface area (Å²) in [5.74, 6) is -4.95. The molecule has 1 fully saturated rings. The molecule has 1 heterocycles. The molecule has 0 atom stereocenters. The fourth-order valence-electron chi connectivity index (χ4n) is 2.19. The van der Waals surface area contributed by atoms with Gasteiger partial charge < -0.3 is 15.1 Å². The monoisotopic (exact) mass is 299 g/mol. The van der Waals surface area contributed by atoms with Gasteiger partial charge in [0.05, 0.1) is 24.2 Å². The molecule has 1 amide bonds. The van der Waals surface area contributed by atoms with Crippen LogP contribution in [0.5, 0.6) is 0 Å². The summed E-state index contributed by atoms with van der Waals surface area (Å²) in [6, 6.07) is 1.06. The maximum Gasteiger partial charge on any atom is 0.336 e. The number of carbonyl (C=O) groups excluding carboxylic acids is 1. The molecule has 0 aromatic heterocycles. The summed E-state index contributed by atoms with van der Waals surface area (Å²) < 4.78 is 26.4. The van der Waals surface area contributed by atoms with E-state index in [9.17, 15) is 23.5 Å². The standard InChI is InChI=1S/C14H15F2NO4/c1-7(2)14(21)5-17(6-14)12(18)8-3-10(15)11(16)4-9(8)13(19)20/h3-4,7,21H,5-6H2,1-2H3,(H,19,20). The molecule has 1 aliphatic heterocycles. The second-order valence-electron chi connectivity index (χ2n) is 5.54. The molecule has 0 saturated carbocycles. The maximum absolute atomic E-state index is 13.3. The lowest BCUT2D eigenvalue weighted by Gasteiger charge is -2.49. The average Bonchev–Trinajstić information content (AvgIpc) is 2.36. The van der Waals surface area contributed by atoms with Crippen LogP contribution >= 0.6 is 0 Å². The Labute approximate surface area is 119 Å². The Morgan fingerprint density at radius 3 is 2.10 bits per heavy atom. The predicted octanol–water partition coefficient (Wildman–Crippen LogP) is 1.51. The lowest BCUT2D eigenvalue weighted by molar-refractivity contribution is -0.110. The second kappa shape index (κ2) is 5.07. The highest BCUT2D eigenvalue weighted by Gasteiger charge is 2.46. The molecule has 1 aromatic carbocycles. The van der Waals surface area contributed by atoms with Crippen molar-refractivity contribution in [2.75, 3.05) is 13.1 Å². The zero-order valence-corrected chi connectivity index (χ0v) is 11.6. The van der Waals surface area contributed by atoms with Gasteiger partial charge in [0, 0.05) is 0 Å². The number of aliphatic hydroxyl groups is 1. The van der Waals surface area contributed by atoms with Crippen LogP contribution in [0.25, 0.3) is 0 Å². The van der Waals surface area contributed by atoms with Gasteiger partial charge in [0.2, 0.25) is 0 Å². The molecular weight excluding hydrogens is 284 g/mol. The second-order valence-corrected chi connectivity index (χ2v) is 5.54. The molecule has 0 radical (unpaired) electrons. The van der Waals surface area contributed by atoms with Crippen molar-refractivity contribution in [3.63, 3.8) is 0 Å². The van der Waals surface area contributed by atoms with Crippen molar-refractivity contribution in [2.45, 2.75) is 19.4 Å². The Morgan fingerprint density at radius 1 is 1.19 bits per heavy atom. The summed E-state index contributed by atoms with van der Waals surface area (Å²) in [7, 11) is 0. The van der Waals surface area contributed by atoms with Gasteiger partial charge in [-0.25, -0.2) is 13.6 Å². The molecule has 0 bridgehead atoms. The van der Waals surface area contributed by atoms with E-state index in [0.717, 1.165) is 0 Å². The van der Waals surface area contributed by atoms with E-state index in [1.807, 2.05) is 0 Å². The number of amides is 1. The predicted molar refractivity (Wildman–Crippen MR) is 69.0 cm³/mol. The molecule has 21 heavy (non-hydrogen) atoms. The van der Waals surface area contributed by atoms with Crippen LogP contribution in [-0.4, -0.2) is 45.7 Å². The number of aromatic carboxylic acids is 1. The Hall–Kier alpha value is -2.02. The molecule has 114 valence electrons. The van der Waals surface area contributed by atoms with Crippen molar-refractivity contribution in [3.05, 3.63) is 34.9 Å². The number of halogens is 2. The Balaban J connectivity index is 2.29. The number of hydrogen-bond donors (Lipinski definition) is 2.